The van der Waals surface area contributed by atoms with E-state index in [1.54, 1.807) is 0 Å². The van der Waals surface area contributed by atoms with Crippen molar-refractivity contribution in [1.82, 2.24) is 0 Å². The Hall–Kier alpha value is -0.500. The molecule has 1 heterocycles. The molecular weight excluding hydrogens is 214 g/mol. The molecule has 0 fully saturated rings. The average molecular weight is 226 g/mol. The quantitative estimate of drug-likeness (QED) is 0.775. The summed E-state index contributed by atoms with van der Waals surface area (Å²) in [4.78, 5) is 0. The van der Waals surface area contributed by atoms with Crippen LogP contribution in [0.4, 0.5) is 5.69 Å². The van der Waals surface area contributed by atoms with Crippen molar-refractivity contribution in [1.29, 1.82) is 0 Å². The third kappa shape index (κ3) is 1.24. The molecule has 0 aromatic heterocycles. The zero-order valence-corrected chi connectivity index (χ0v) is 8.69. The number of benzene rings is 1. The Morgan fingerprint density at radius 2 is 2.42 bits per heavy atom. The van der Waals surface area contributed by atoms with E-state index in [4.69, 9.17) is 0 Å². The number of fused-ring (bicyclic) bond motifs is 1. The maximum Gasteiger partial charge on any atom is 0.0520 e. The molecule has 0 saturated heterocycles. The van der Waals surface area contributed by atoms with Crippen LogP contribution in [-0.4, -0.2) is 6.04 Å². The van der Waals surface area contributed by atoms with Crippen LogP contribution in [0.3, 0.4) is 0 Å². The highest BCUT2D eigenvalue weighted by atomic mass is 79.9. The van der Waals surface area contributed by atoms with E-state index in [9.17, 15) is 0 Å². The first kappa shape index (κ1) is 8.11. The van der Waals surface area contributed by atoms with Crippen molar-refractivity contribution in [3.8, 4) is 0 Å². The molecule has 0 bridgehead atoms. The van der Waals surface area contributed by atoms with E-state index in [0.717, 1.165) is 0 Å². The summed E-state index contributed by atoms with van der Waals surface area (Å²) in [6.45, 7) is 2.22. The summed E-state index contributed by atoms with van der Waals surface area (Å²) >= 11 is 3.54. The van der Waals surface area contributed by atoms with Gasteiger partial charge in [0.2, 0.25) is 0 Å². The molecule has 1 aromatic carbocycles. The fourth-order valence-corrected chi connectivity index (χ4v) is 2.19. The van der Waals surface area contributed by atoms with Gasteiger partial charge >= 0.3 is 0 Å². The molecule has 2 rings (SSSR count). The Morgan fingerprint density at radius 1 is 1.58 bits per heavy atom. The summed E-state index contributed by atoms with van der Waals surface area (Å²) < 4.78 is 1.19. The average Bonchev–Trinajstić information content (AvgIpc) is 2.49. The lowest BCUT2D eigenvalue weighted by molar-refractivity contribution is 0.723. The summed E-state index contributed by atoms with van der Waals surface area (Å²) in [5.74, 6) is 0. The Kier molecular flexibility index (Phi) is 2.09. The lowest BCUT2D eigenvalue weighted by Crippen LogP contribution is -2.12. The van der Waals surface area contributed by atoms with Crippen LogP contribution in [-0.2, 0) is 6.42 Å². The van der Waals surface area contributed by atoms with Gasteiger partial charge in [0.25, 0.3) is 0 Å². The van der Waals surface area contributed by atoms with Gasteiger partial charge in [0, 0.05) is 10.5 Å². The summed E-state index contributed by atoms with van der Waals surface area (Å²) in [7, 11) is 0. The normalized spacial score (nSPS) is 20.3. The first-order valence-corrected chi connectivity index (χ1v) is 5.14. The standard InChI is InChI=1S/C10H12BrN/c1-2-8-6-7-4-3-5-9(11)10(7)12-8/h3-5,8,12H,2,6H2,1H3. The molecule has 1 aliphatic rings. The highest BCUT2D eigenvalue weighted by molar-refractivity contribution is 9.10. The summed E-state index contributed by atoms with van der Waals surface area (Å²) in [6, 6.07) is 7.02. The zero-order chi connectivity index (χ0) is 8.55. The van der Waals surface area contributed by atoms with Crippen molar-refractivity contribution < 1.29 is 0 Å². The lowest BCUT2D eigenvalue weighted by Gasteiger charge is -2.07. The Balaban J connectivity index is 2.35. The molecule has 0 amide bonds. The molecule has 0 spiro atoms. The summed E-state index contributed by atoms with van der Waals surface area (Å²) in [5.41, 5.74) is 2.74. The van der Waals surface area contributed by atoms with Crippen LogP contribution >= 0.6 is 15.9 Å². The molecule has 1 unspecified atom stereocenters. The minimum Gasteiger partial charge on any atom is -0.381 e. The fourth-order valence-electron chi connectivity index (χ4n) is 1.67. The van der Waals surface area contributed by atoms with Crippen LogP contribution in [0.1, 0.15) is 18.9 Å². The molecule has 1 atom stereocenters. The van der Waals surface area contributed by atoms with E-state index in [0.29, 0.717) is 6.04 Å². The van der Waals surface area contributed by atoms with Crippen molar-refractivity contribution in [3.05, 3.63) is 28.2 Å². The Bertz CT molecular complexity index is 296. The molecule has 0 radical (unpaired) electrons. The van der Waals surface area contributed by atoms with Crippen molar-refractivity contribution in [3.63, 3.8) is 0 Å². The van der Waals surface area contributed by atoms with Gasteiger partial charge in [-0.1, -0.05) is 19.1 Å². The molecule has 64 valence electrons. The molecule has 12 heavy (non-hydrogen) atoms. The largest absolute Gasteiger partial charge is 0.381 e. The van der Waals surface area contributed by atoms with Crippen molar-refractivity contribution >= 4 is 21.6 Å². The van der Waals surface area contributed by atoms with E-state index < -0.39 is 0 Å². The fraction of sp³-hybridized carbons (Fsp3) is 0.400. The topological polar surface area (TPSA) is 12.0 Å². The molecule has 0 saturated carbocycles. The van der Waals surface area contributed by atoms with Gasteiger partial charge in [0.15, 0.2) is 0 Å². The first-order valence-electron chi connectivity index (χ1n) is 4.35. The third-order valence-corrected chi connectivity index (χ3v) is 3.07. The van der Waals surface area contributed by atoms with E-state index in [2.05, 4.69) is 46.4 Å². The highest BCUT2D eigenvalue weighted by Crippen LogP contribution is 2.33. The number of anilines is 1. The molecule has 1 aliphatic heterocycles. The maximum absolute atomic E-state index is 3.54. The van der Waals surface area contributed by atoms with Crippen LogP contribution in [0, 0.1) is 0 Å². The van der Waals surface area contributed by atoms with E-state index in [1.807, 2.05) is 0 Å². The first-order chi connectivity index (χ1) is 5.81. The summed E-state index contributed by atoms with van der Waals surface area (Å²) in [6.07, 6.45) is 2.37. The third-order valence-electron chi connectivity index (χ3n) is 2.41. The second-order valence-corrected chi connectivity index (χ2v) is 4.08. The minimum atomic E-state index is 0.638. The van der Waals surface area contributed by atoms with Crippen LogP contribution < -0.4 is 5.32 Å². The smallest absolute Gasteiger partial charge is 0.0520 e. The molecular formula is C10H12BrN. The van der Waals surface area contributed by atoms with Gasteiger partial charge < -0.3 is 5.32 Å². The van der Waals surface area contributed by atoms with Crippen molar-refractivity contribution in [2.75, 3.05) is 5.32 Å². The molecule has 1 N–H and O–H groups in total. The number of nitrogens with one attached hydrogen (secondary N) is 1. The predicted molar refractivity (Wildman–Crippen MR) is 55.5 cm³/mol. The van der Waals surface area contributed by atoms with Crippen molar-refractivity contribution in [2.45, 2.75) is 25.8 Å². The number of hydrogen-bond donors (Lipinski definition) is 1. The van der Waals surface area contributed by atoms with Crippen LogP contribution in [0.5, 0.6) is 0 Å². The second-order valence-electron chi connectivity index (χ2n) is 3.23. The minimum absolute atomic E-state index is 0.638. The lowest BCUT2D eigenvalue weighted by atomic mass is 10.1. The maximum atomic E-state index is 3.54. The van der Waals surface area contributed by atoms with Crippen molar-refractivity contribution in [2.24, 2.45) is 0 Å². The van der Waals surface area contributed by atoms with Gasteiger partial charge in [-0.3, -0.25) is 0 Å². The Morgan fingerprint density at radius 3 is 3.08 bits per heavy atom. The molecule has 1 nitrogen and oxygen atoms in total. The number of halogens is 1. The van der Waals surface area contributed by atoms with Gasteiger partial charge in [-0.15, -0.1) is 0 Å². The predicted octanol–water partition coefficient (Wildman–Crippen LogP) is 3.20. The van der Waals surface area contributed by atoms with Gasteiger partial charge in [-0.2, -0.15) is 0 Å². The van der Waals surface area contributed by atoms with E-state index >= 15 is 0 Å². The molecule has 2 heteroatoms. The highest BCUT2D eigenvalue weighted by Gasteiger charge is 2.19. The van der Waals surface area contributed by atoms with Gasteiger partial charge in [0.1, 0.15) is 0 Å². The zero-order valence-electron chi connectivity index (χ0n) is 7.10. The molecule has 0 aliphatic carbocycles. The van der Waals surface area contributed by atoms with Gasteiger partial charge in [0.05, 0.1) is 5.69 Å². The van der Waals surface area contributed by atoms with Gasteiger partial charge in [-0.25, -0.2) is 0 Å². The van der Waals surface area contributed by atoms with Gasteiger partial charge in [-0.05, 0) is 40.4 Å². The van der Waals surface area contributed by atoms with E-state index in [-0.39, 0.29) is 0 Å². The summed E-state index contributed by atoms with van der Waals surface area (Å²) in [5, 5.41) is 3.51. The molecule has 1 aromatic rings. The monoisotopic (exact) mass is 225 g/mol. The Labute approximate surface area is 81.3 Å². The number of hydrogen-bond acceptors (Lipinski definition) is 1. The van der Waals surface area contributed by atoms with Crippen LogP contribution in [0.15, 0.2) is 22.7 Å². The van der Waals surface area contributed by atoms with Crippen LogP contribution in [0.2, 0.25) is 0 Å². The second kappa shape index (κ2) is 3.09. The number of rotatable bonds is 1. The van der Waals surface area contributed by atoms with Crippen LogP contribution in [0.25, 0.3) is 0 Å². The van der Waals surface area contributed by atoms with E-state index in [1.165, 1.54) is 28.6 Å². The number of para-hydroxylation sites is 1. The SMILES string of the molecule is CCC1Cc2cccc(Br)c2N1.